The zero-order valence-corrected chi connectivity index (χ0v) is 13.0. The second kappa shape index (κ2) is 6.07. The van der Waals surface area contributed by atoms with Crippen LogP contribution < -0.4 is 5.32 Å². The van der Waals surface area contributed by atoms with Gasteiger partial charge in [-0.05, 0) is 23.8 Å². The lowest BCUT2D eigenvalue weighted by Gasteiger charge is -2.27. The van der Waals surface area contributed by atoms with Gasteiger partial charge in [-0.25, -0.2) is 0 Å². The smallest absolute Gasteiger partial charge is 0.133 e. The van der Waals surface area contributed by atoms with E-state index in [9.17, 15) is 5.11 Å². The number of rotatable bonds is 3. The van der Waals surface area contributed by atoms with Crippen LogP contribution >= 0.6 is 0 Å². The van der Waals surface area contributed by atoms with E-state index in [-0.39, 0.29) is 0 Å². The number of furan rings is 1. The highest BCUT2D eigenvalue weighted by molar-refractivity contribution is 5.85. The first-order valence-electron chi connectivity index (χ1n) is 8.03. The minimum Gasteiger partial charge on any atom is -0.507 e. The number of para-hydroxylation sites is 1. The highest BCUT2D eigenvalue weighted by Crippen LogP contribution is 2.34. The zero-order valence-electron chi connectivity index (χ0n) is 13.0. The molecule has 0 amide bonds. The van der Waals surface area contributed by atoms with Gasteiger partial charge in [-0.15, -0.1) is 0 Å². The maximum Gasteiger partial charge on any atom is 0.133 e. The average molecular weight is 308 g/mol. The van der Waals surface area contributed by atoms with E-state index in [2.05, 4.69) is 16.3 Å². The molecule has 0 spiro atoms. The van der Waals surface area contributed by atoms with Gasteiger partial charge in [0.15, 0.2) is 0 Å². The van der Waals surface area contributed by atoms with Crippen molar-refractivity contribution in [2.45, 2.75) is 6.54 Å². The molecule has 118 valence electrons. The molecule has 1 fully saturated rings. The molecule has 2 aromatic carbocycles. The molecule has 0 unspecified atom stereocenters. The number of fused-ring (bicyclic) bond motifs is 1. The van der Waals surface area contributed by atoms with Gasteiger partial charge in [0.25, 0.3) is 0 Å². The first-order chi connectivity index (χ1) is 11.3. The lowest BCUT2D eigenvalue weighted by Crippen LogP contribution is -2.42. The highest BCUT2D eigenvalue weighted by atomic mass is 16.3. The number of hydrogen-bond donors (Lipinski definition) is 2. The largest absolute Gasteiger partial charge is 0.507 e. The topological polar surface area (TPSA) is 48.6 Å². The fraction of sp³-hybridized carbons (Fsp3) is 0.263. The summed E-state index contributed by atoms with van der Waals surface area (Å²) in [5, 5.41) is 15.1. The van der Waals surface area contributed by atoms with E-state index in [0.717, 1.165) is 60.4 Å². The maximum absolute atomic E-state index is 10.7. The Morgan fingerprint density at radius 1 is 1.09 bits per heavy atom. The molecular weight excluding hydrogens is 288 g/mol. The molecule has 4 heteroatoms. The molecule has 1 aliphatic rings. The Bertz CT molecular complexity index is 819. The van der Waals surface area contributed by atoms with Crippen molar-refractivity contribution >= 4 is 11.0 Å². The molecule has 4 rings (SSSR count). The van der Waals surface area contributed by atoms with Crippen LogP contribution in [0.15, 0.2) is 53.1 Å². The average Bonchev–Trinajstić information content (AvgIpc) is 3.05. The third kappa shape index (κ3) is 2.83. The summed E-state index contributed by atoms with van der Waals surface area (Å²) < 4.78 is 5.39. The van der Waals surface area contributed by atoms with Gasteiger partial charge in [0.05, 0.1) is 6.26 Å². The summed E-state index contributed by atoms with van der Waals surface area (Å²) in [6, 6.07) is 14.0. The molecule has 1 saturated heterocycles. The normalized spacial score (nSPS) is 16.0. The van der Waals surface area contributed by atoms with Gasteiger partial charge in [0.1, 0.15) is 11.3 Å². The predicted octanol–water partition coefficient (Wildman–Crippen LogP) is 3.21. The minimum atomic E-state index is 0.383. The van der Waals surface area contributed by atoms with Crippen molar-refractivity contribution in [3.63, 3.8) is 0 Å². The number of nitrogens with zero attached hydrogens (tertiary/aromatic N) is 1. The Morgan fingerprint density at radius 2 is 1.96 bits per heavy atom. The van der Waals surface area contributed by atoms with Crippen LogP contribution in [0.5, 0.6) is 5.75 Å². The Balaban J connectivity index is 1.67. The number of aromatic hydroxyl groups is 1. The van der Waals surface area contributed by atoms with E-state index in [1.807, 2.05) is 36.4 Å². The molecule has 3 aromatic rings. The molecule has 23 heavy (non-hydrogen) atoms. The van der Waals surface area contributed by atoms with Gasteiger partial charge in [-0.1, -0.05) is 24.3 Å². The second-order valence-electron chi connectivity index (χ2n) is 6.01. The fourth-order valence-electron chi connectivity index (χ4n) is 3.20. The summed E-state index contributed by atoms with van der Waals surface area (Å²) in [6.45, 7) is 4.85. The van der Waals surface area contributed by atoms with Crippen LogP contribution in [-0.4, -0.2) is 36.2 Å². The summed E-state index contributed by atoms with van der Waals surface area (Å²) in [5.74, 6) is 0.383. The Morgan fingerprint density at radius 3 is 2.83 bits per heavy atom. The number of phenolic OH excluding ortho intramolecular Hbond substituents is 1. The summed E-state index contributed by atoms with van der Waals surface area (Å²) in [7, 11) is 0. The second-order valence-corrected chi connectivity index (χ2v) is 6.01. The van der Waals surface area contributed by atoms with E-state index >= 15 is 0 Å². The van der Waals surface area contributed by atoms with Gasteiger partial charge in [-0.3, -0.25) is 4.90 Å². The molecule has 2 N–H and O–H groups in total. The Kier molecular flexibility index (Phi) is 3.77. The van der Waals surface area contributed by atoms with Crippen molar-refractivity contribution in [2.75, 3.05) is 26.2 Å². The lowest BCUT2D eigenvalue weighted by molar-refractivity contribution is 0.230. The summed E-state index contributed by atoms with van der Waals surface area (Å²) in [6.07, 6.45) is 1.69. The monoisotopic (exact) mass is 308 g/mol. The Hall–Kier alpha value is -2.30. The number of piperazine rings is 1. The SMILES string of the molecule is Oc1c(CN2CCNCC2)cccc1-c1ccc2occc2c1. The van der Waals surface area contributed by atoms with Crippen LogP contribution in [0.1, 0.15) is 5.56 Å². The van der Waals surface area contributed by atoms with Crippen LogP contribution in [0.4, 0.5) is 0 Å². The quantitative estimate of drug-likeness (QED) is 0.780. The summed E-state index contributed by atoms with van der Waals surface area (Å²) in [5.41, 5.74) is 3.74. The highest BCUT2D eigenvalue weighted by Gasteiger charge is 2.15. The molecule has 0 saturated carbocycles. The first-order valence-corrected chi connectivity index (χ1v) is 8.03. The lowest BCUT2D eigenvalue weighted by atomic mass is 10.00. The molecule has 0 radical (unpaired) electrons. The number of nitrogens with one attached hydrogen (secondary N) is 1. The molecule has 1 aliphatic heterocycles. The van der Waals surface area contributed by atoms with Crippen molar-refractivity contribution < 1.29 is 9.52 Å². The van der Waals surface area contributed by atoms with E-state index in [0.29, 0.717) is 5.75 Å². The molecular formula is C19H20N2O2. The van der Waals surface area contributed by atoms with Gasteiger partial charge >= 0.3 is 0 Å². The van der Waals surface area contributed by atoms with E-state index in [1.54, 1.807) is 6.26 Å². The van der Waals surface area contributed by atoms with Crippen LogP contribution in [0, 0.1) is 0 Å². The van der Waals surface area contributed by atoms with Crippen LogP contribution in [0.3, 0.4) is 0 Å². The molecule has 2 heterocycles. The van der Waals surface area contributed by atoms with Crippen molar-refractivity contribution in [1.29, 1.82) is 0 Å². The molecule has 4 nitrogen and oxygen atoms in total. The fourth-order valence-corrected chi connectivity index (χ4v) is 3.20. The van der Waals surface area contributed by atoms with Gasteiger partial charge in [-0.2, -0.15) is 0 Å². The minimum absolute atomic E-state index is 0.383. The van der Waals surface area contributed by atoms with Crippen LogP contribution in [-0.2, 0) is 6.54 Å². The van der Waals surface area contributed by atoms with Crippen molar-refractivity contribution in [2.24, 2.45) is 0 Å². The maximum atomic E-state index is 10.7. The van der Waals surface area contributed by atoms with Crippen molar-refractivity contribution in [3.8, 4) is 16.9 Å². The third-order valence-electron chi connectivity index (χ3n) is 4.49. The van der Waals surface area contributed by atoms with Crippen LogP contribution in [0.2, 0.25) is 0 Å². The summed E-state index contributed by atoms with van der Waals surface area (Å²) >= 11 is 0. The zero-order chi connectivity index (χ0) is 15.6. The molecule has 0 atom stereocenters. The van der Waals surface area contributed by atoms with Crippen molar-refractivity contribution in [1.82, 2.24) is 10.2 Å². The third-order valence-corrected chi connectivity index (χ3v) is 4.49. The number of benzene rings is 2. The number of hydrogen-bond acceptors (Lipinski definition) is 4. The van der Waals surface area contributed by atoms with Crippen molar-refractivity contribution in [3.05, 3.63) is 54.3 Å². The van der Waals surface area contributed by atoms with E-state index < -0.39 is 0 Å². The van der Waals surface area contributed by atoms with Gasteiger partial charge in [0.2, 0.25) is 0 Å². The molecule has 0 aliphatic carbocycles. The van der Waals surface area contributed by atoms with E-state index in [4.69, 9.17) is 4.42 Å². The van der Waals surface area contributed by atoms with Gasteiger partial charge < -0.3 is 14.8 Å². The number of phenols is 1. The van der Waals surface area contributed by atoms with Crippen LogP contribution in [0.25, 0.3) is 22.1 Å². The molecule has 1 aromatic heterocycles. The Labute approximate surface area is 135 Å². The predicted molar refractivity (Wildman–Crippen MR) is 91.5 cm³/mol. The molecule has 0 bridgehead atoms. The standard InChI is InChI=1S/C19H20N2O2/c22-19-16(13-21-9-7-20-8-10-21)2-1-3-17(19)14-4-5-18-15(12-14)6-11-23-18/h1-6,11-12,20,22H,7-10,13H2. The summed E-state index contributed by atoms with van der Waals surface area (Å²) in [4.78, 5) is 2.37. The first kappa shape index (κ1) is 14.3. The van der Waals surface area contributed by atoms with E-state index in [1.165, 1.54) is 0 Å². The van der Waals surface area contributed by atoms with Gasteiger partial charge in [0, 0.05) is 49.2 Å².